The third-order valence-electron chi connectivity index (χ3n) is 3.80. The highest BCUT2D eigenvalue weighted by Crippen LogP contribution is 2.39. The van der Waals surface area contributed by atoms with E-state index < -0.39 is 32.7 Å². The first-order chi connectivity index (χ1) is 12.7. The lowest BCUT2D eigenvalue weighted by Crippen LogP contribution is -2.01. The van der Waals surface area contributed by atoms with Crippen molar-refractivity contribution in [2.45, 2.75) is 11.3 Å². The molecule has 0 aliphatic heterocycles. The van der Waals surface area contributed by atoms with Crippen LogP contribution in [0, 0.1) is 17.1 Å². The van der Waals surface area contributed by atoms with Crippen LogP contribution in [0.15, 0.2) is 51.9 Å². The fourth-order valence-electron chi connectivity index (χ4n) is 2.62. The molecular formula is C18H11F3N2O3S. The summed E-state index contributed by atoms with van der Waals surface area (Å²) in [6, 6.07) is 11.0. The molecule has 0 aliphatic rings. The first-order valence-corrected chi connectivity index (χ1v) is 9.39. The van der Waals surface area contributed by atoms with E-state index in [-0.39, 0.29) is 22.4 Å². The Bertz CT molecular complexity index is 1160. The predicted octanol–water partition coefficient (Wildman–Crippen LogP) is 4.36. The van der Waals surface area contributed by atoms with E-state index in [1.165, 1.54) is 18.2 Å². The number of nitrogens with zero attached hydrogens (tertiary/aromatic N) is 2. The molecule has 9 heteroatoms. The Balaban J connectivity index is 2.25. The minimum atomic E-state index is -3.82. The molecule has 1 heterocycles. The van der Waals surface area contributed by atoms with Crippen LogP contribution in [0.4, 0.5) is 13.2 Å². The van der Waals surface area contributed by atoms with Crippen LogP contribution in [-0.2, 0) is 9.84 Å². The molecule has 0 unspecified atom stereocenters. The van der Waals surface area contributed by atoms with E-state index in [1.54, 1.807) is 12.1 Å². The fourth-order valence-corrected chi connectivity index (χ4v) is 3.35. The lowest BCUT2D eigenvalue weighted by atomic mass is 9.98. The second kappa shape index (κ2) is 6.89. The van der Waals surface area contributed by atoms with Crippen molar-refractivity contribution in [1.82, 2.24) is 5.16 Å². The zero-order valence-corrected chi connectivity index (χ0v) is 14.6. The van der Waals surface area contributed by atoms with Gasteiger partial charge in [0.15, 0.2) is 9.84 Å². The lowest BCUT2D eigenvalue weighted by Gasteiger charge is -2.07. The maximum absolute atomic E-state index is 14.3. The predicted molar refractivity (Wildman–Crippen MR) is 90.1 cm³/mol. The molecule has 138 valence electrons. The second-order valence-electron chi connectivity index (χ2n) is 5.68. The second-order valence-corrected chi connectivity index (χ2v) is 7.67. The van der Waals surface area contributed by atoms with E-state index in [0.29, 0.717) is 5.56 Å². The van der Waals surface area contributed by atoms with Crippen molar-refractivity contribution in [2.24, 2.45) is 0 Å². The largest absolute Gasteiger partial charge is 0.354 e. The van der Waals surface area contributed by atoms with Gasteiger partial charge >= 0.3 is 0 Å². The van der Waals surface area contributed by atoms with Crippen molar-refractivity contribution in [3.8, 4) is 28.5 Å². The summed E-state index contributed by atoms with van der Waals surface area (Å²) in [5, 5.41) is 12.7. The number of sulfone groups is 1. The molecule has 5 nitrogen and oxygen atoms in total. The summed E-state index contributed by atoms with van der Waals surface area (Å²) in [7, 11) is -3.82. The average molecular weight is 392 g/mol. The molecule has 0 aliphatic carbocycles. The van der Waals surface area contributed by atoms with Gasteiger partial charge in [-0.25, -0.2) is 21.6 Å². The van der Waals surface area contributed by atoms with Gasteiger partial charge in [0.1, 0.15) is 16.4 Å². The van der Waals surface area contributed by atoms with E-state index >= 15 is 0 Å². The molecule has 1 aromatic heterocycles. The van der Waals surface area contributed by atoms with Crippen molar-refractivity contribution in [3.63, 3.8) is 0 Å². The zero-order chi connectivity index (χ0) is 19.8. The third kappa shape index (κ3) is 3.57. The van der Waals surface area contributed by atoms with Crippen molar-refractivity contribution in [1.29, 1.82) is 5.26 Å². The Labute approximate surface area is 152 Å². The van der Waals surface area contributed by atoms with Crippen molar-refractivity contribution in [3.05, 3.63) is 59.6 Å². The summed E-state index contributed by atoms with van der Waals surface area (Å²) in [4.78, 5) is -0.547. The van der Waals surface area contributed by atoms with Crippen LogP contribution in [0.1, 0.15) is 17.7 Å². The van der Waals surface area contributed by atoms with Crippen LogP contribution in [-0.4, -0.2) is 19.8 Å². The van der Waals surface area contributed by atoms with Crippen LogP contribution >= 0.6 is 0 Å². The van der Waals surface area contributed by atoms with E-state index in [9.17, 15) is 21.6 Å². The van der Waals surface area contributed by atoms with Gasteiger partial charge in [-0.05, 0) is 29.8 Å². The van der Waals surface area contributed by atoms with Gasteiger partial charge in [-0.15, -0.1) is 0 Å². The highest BCUT2D eigenvalue weighted by atomic mass is 32.2. The fraction of sp³-hybridized carbons (Fsp3) is 0.111. The number of nitriles is 1. The van der Waals surface area contributed by atoms with Crippen LogP contribution in [0.5, 0.6) is 0 Å². The highest BCUT2D eigenvalue weighted by molar-refractivity contribution is 7.90. The Morgan fingerprint density at radius 3 is 2.48 bits per heavy atom. The lowest BCUT2D eigenvalue weighted by molar-refractivity contribution is 0.113. The monoisotopic (exact) mass is 392 g/mol. The summed E-state index contributed by atoms with van der Waals surface area (Å²) in [5.74, 6) is -1.85. The molecule has 3 aromatic rings. The van der Waals surface area contributed by atoms with E-state index in [0.717, 1.165) is 18.4 Å². The molecule has 0 radical (unpaired) electrons. The molecule has 0 N–H and O–H groups in total. The van der Waals surface area contributed by atoms with Gasteiger partial charge in [0.25, 0.3) is 6.43 Å². The minimum Gasteiger partial charge on any atom is -0.354 e. The molecule has 0 fully saturated rings. The quantitative estimate of drug-likeness (QED) is 0.659. The van der Waals surface area contributed by atoms with Gasteiger partial charge in [-0.1, -0.05) is 23.4 Å². The number of benzene rings is 2. The van der Waals surface area contributed by atoms with E-state index in [4.69, 9.17) is 9.78 Å². The Kier molecular flexibility index (Phi) is 4.76. The summed E-state index contributed by atoms with van der Waals surface area (Å²) < 4.78 is 68.9. The summed E-state index contributed by atoms with van der Waals surface area (Å²) in [6.07, 6.45) is -2.19. The number of halogens is 3. The topological polar surface area (TPSA) is 84.0 Å². The van der Waals surface area contributed by atoms with Crippen molar-refractivity contribution in [2.75, 3.05) is 6.26 Å². The molecule has 3 rings (SSSR count). The molecule has 0 amide bonds. The standard InChI is InChI=1S/C18H11F3N2O3S/c1-27(24,25)14-6-5-11(8-13(14)19)15-16(23-26-17(15)18(20)21)12-4-2-3-10(7-12)9-22/h2-8,18H,1H3. The molecule has 0 atom stereocenters. The van der Waals surface area contributed by atoms with E-state index in [1.807, 2.05) is 6.07 Å². The normalized spacial score (nSPS) is 11.6. The first kappa shape index (κ1) is 18.7. The Hall–Kier alpha value is -3.12. The molecular weight excluding hydrogens is 381 g/mol. The molecule has 2 aromatic carbocycles. The smallest absolute Gasteiger partial charge is 0.298 e. The maximum Gasteiger partial charge on any atom is 0.298 e. The molecule has 0 saturated carbocycles. The third-order valence-corrected chi connectivity index (χ3v) is 4.93. The van der Waals surface area contributed by atoms with Crippen molar-refractivity contribution < 1.29 is 26.1 Å². The minimum absolute atomic E-state index is 0.00564. The molecule has 0 saturated heterocycles. The first-order valence-electron chi connectivity index (χ1n) is 7.50. The van der Waals surface area contributed by atoms with Gasteiger partial charge < -0.3 is 4.52 Å². The number of hydrogen-bond donors (Lipinski definition) is 0. The van der Waals surface area contributed by atoms with Gasteiger partial charge in [0.05, 0.1) is 17.2 Å². The Morgan fingerprint density at radius 2 is 1.89 bits per heavy atom. The van der Waals surface area contributed by atoms with Crippen molar-refractivity contribution >= 4 is 9.84 Å². The molecule has 27 heavy (non-hydrogen) atoms. The van der Waals surface area contributed by atoms with Crippen LogP contribution in [0.2, 0.25) is 0 Å². The van der Waals surface area contributed by atoms with Gasteiger partial charge in [-0.2, -0.15) is 5.26 Å². The van der Waals surface area contributed by atoms with Gasteiger partial charge in [0, 0.05) is 11.8 Å². The summed E-state index contributed by atoms with van der Waals surface area (Å²) in [5.41, 5.74) is 0.410. The summed E-state index contributed by atoms with van der Waals surface area (Å²) >= 11 is 0. The SMILES string of the molecule is CS(=O)(=O)c1ccc(-c2c(-c3cccc(C#N)c3)noc2C(F)F)cc1F. The van der Waals surface area contributed by atoms with Gasteiger partial charge in [-0.3, -0.25) is 0 Å². The molecule has 0 bridgehead atoms. The Morgan fingerprint density at radius 1 is 1.15 bits per heavy atom. The number of rotatable bonds is 4. The van der Waals surface area contributed by atoms with Crippen LogP contribution in [0.3, 0.4) is 0 Å². The molecule has 0 spiro atoms. The summed E-state index contributed by atoms with van der Waals surface area (Å²) in [6.45, 7) is 0. The maximum atomic E-state index is 14.3. The average Bonchev–Trinajstić information content (AvgIpc) is 3.06. The van der Waals surface area contributed by atoms with E-state index in [2.05, 4.69) is 5.16 Å². The number of hydrogen-bond acceptors (Lipinski definition) is 5. The number of aromatic nitrogens is 1. The highest BCUT2D eigenvalue weighted by Gasteiger charge is 2.27. The zero-order valence-electron chi connectivity index (χ0n) is 13.8. The van der Waals surface area contributed by atoms with Gasteiger partial charge in [0.2, 0.25) is 5.76 Å². The number of alkyl halides is 2. The van der Waals surface area contributed by atoms with Crippen LogP contribution < -0.4 is 0 Å². The van der Waals surface area contributed by atoms with Crippen LogP contribution in [0.25, 0.3) is 22.4 Å².